The van der Waals surface area contributed by atoms with E-state index in [1.807, 2.05) is 50.2 Å². The number of hydrazone groups is 1. The summed E-state index contributed by atoms with van der Waals surface area (Å²) < 4.78 is 6.67. The van der Waals surface area contributed by atoms with Gasteiger partial charge >= 0.3 is 0 Å². The van der Waals surface area contributed by atoms with Gasteiger partial charge in [-0.25, -0.2) is 5.43 Å². The molecule has 2 aromatic carbocycles. The van der Waals surface area contributed by atoms with Gasteiger partial charge in [-0.1, -0.05) is 37.3 Å². The van der Waals surface area contributed by atoms with Crippen LogP contribution in [-0.4, -0.2) is 17.5 Å². The normalized spacial score (nSPS) is 14.2. The average Bonchev–Trinajstić information content (AvgIpc) is 3.15. The smallest absolute Gasteiger partial charge is 0.291 e. The monoisotopic (exact) mass is 493 g/mol. The minimum atomic E-state index is -0.299. The standard InChI is InChI=1S/C25H24BrN3O3/c1-3-16-9-4-7-12-19(16)27-25(31)23-15(2)22-20(13-8-14-21(22)32-23)28-29-24(30)17-10-5-6-11-18(17)26/h4-7,9-12H,3,8,13-14H2,1-2H3,(H,27,31)(H,29,30)/b28-20+. The first-order valence-electron chi connectivity index (χ1n) is 10.6. The molecular formula is C25H24BrN3O3. The van der Waals surface area contributed by atoms with Crippen LogP contribution in [0.15, 0.2) is 62.5 Å². The second-order valence-corrected chi connectivity index (χ2v) is 8.51. The van der Waals surface area contributed by atoms with Crippen molar-refractivity contribution < 1.29 is 14.0 Å². The third-order valence-electron chi connectivity index (χ3n) is 5.59. The van der Waals surface area contributed by atoms with Gasteiger partial charge in [0.1, 0.15) is 5.76 Å². The van der Waals surface area contributed by atoms with Gasteiger partial charge in [-0.15, -0.1) is 0 Å². The molecule has 1 heterocycles. The number of halogens is 1. The van der Waals surface area contributed by atoms with Crippen molar-refractivity contribution >= 4 is 39.1 Å². The third kappa shape index (κ3) is 4.39. The molecule has 0 saturated carbocycles. The number of hydrogen-bond acceptors (Lipinski definition) is 4. The Balaban J connectivity index is 1.59. The van der Waals surface area contributed by atoms with Gasteiger partial charge in [-0.05, 0) is 65.9 Å². The van der Waals surface area contributed by atoms with Crippen molar-refractivity contribution in [3.8, 4) is 0 Å². The first-order chi connectivity index (χ1) is 15.5. The fourth-order valence-electron chi connectivity index (χ4n) is 3.95. The molecule has 7 heteroatoms. The fraction of sp³-hybridized carbons (Fsp3) is 0.240. The highest BCUT2D eigenvalue weighted by molar-refractivity contribution is 9.10. The van der Waals surface area contributed by atoms with Crippen molar-refractivity contribution in [2.45, 2.75) is 39.5 Å². The van der Waals surface area contributed by atoms with Gasteiger partial charge in [0.25, 0.3) is 11.8 Å². The largest absolute Gasteiger partial charge is 0.455 e. The third-order valence-corrected chi connectivity index (χ3v) is 6.28. The molecule has 0 spiro atoms. The molecule has 6 nitrogen and oxygen atoms in total. The van der Waals surface area contributed by atoms with Crippen LogP contribution in [0.4, 0.5) is 5.69 Å². The molecule has 3 aromatic rings. The van der Waals surface area contributed by atoms with E-state index in [0.29, 0.717) is 16.5 Å². The summed E-state index contributed by atoms with van der Waals surface area (Å²) in [5.41, 5.74) is 7.27. The lowest BCUT2D eigenvalue weighted by molar-refractivity contribution is 0.0952. The maximum Gasteiger partial charge on any atom is 0.291 e. The maximum absolute atomic E-state index is 13.0. The van der Waals surface area contributed by atoms with Gasteiger partial charge < -0.3 is 9.73 Å². The Bertz CT molecular complexity index is 1210. The summed E-state index contributed by atoms with van der Waals surface area (Å²) in [6, 6.07) is 14.9. The Morgan fingerprint density at radius 1 is 1.06 bits per heavy atom. The van der Waals surface area contributed by atoms with Crippen LogP contribution in [-0.2, 0) is 12.8 Å². The minimum absolute atomic E-state index is 0.283. The van der Waals surface area contributed by atoms with Crippen molar-refractivity contribution in [3.05, 3.63) is 86.8 Å². The summed E-state index contributed by atoms with van der Waals surface area (Å²) in [7, 11) is 0. The van der Waals surface area contributed by atoms with Crippen molar-refractivity contribution in [1.82, 2.24) is 5.43 Å². The molecule has 2 N–H and O–H groups in total. The Labute approximate surface area is 195 Å². The van der Waals surface area contributed by atoms with Gasteiger partial charge in [0.15, 0.2) is 5.76 Å². The van der Waals surface area contributed by atoms with Crippen LogP contribution in [0.3, 0.4) is 0 Å². The van der Waals surface area contributed by atoms with E-state index in [1.165, 1.54) is 0 Å². The molecule has 0 radical (unpaired) electrons. The molecule has 0 fully saturated rings. The van der Waals surface area contributed by atoms with Crippen LogP contribution >= 0.6 is 15.9 Å². The number of furan rings is 1. The number of para-hydroxylation sites is 1. The van der Waals surface area contributed by atoms with E-state index in [9.17, 15) is 9.59 Å². The van der Waals surface area contributed by atoms with Crippen LogP contribution in [0, 0.1) is 6.92 Å². The zero-order valence-corrected chi connectivity index (χ0v) is 19.6. The number of benzene rings is 2. The quantitative estimate of drug-likeness (QED) is 0.451. The van der Waals surface area contributed by atoms with Gasteiger partial charge in [0, 0.05) is 27.7 Å². The summed E-state index contributed by atoms with van der Waals surface area (Å²) in [6.45, 7) is 3.91. The number of carbonyl (C=O) groups excluding carboxylic acids is 2. The van der Waals surface area contributed by atoms with Crippen LogP contribution in [0.5, 0.6) is 0 Å². The van der Waals surface area contributed by atoms with Crippen molar-refractivity contribution in [2.75, 3.05) is 5.32 Å². The van der Waals surface area contributed by atoms with Crippen LogP contribution in [0.1, 0.15) is 63.1 Å². The summed E-state index contributed by atoms with van der Waals surface area (Å²) in [6.07, 6.45) is 3.08. The maximum atomic E-state index is 13.0. The molecule has 2 amide bonds. The van der Waals surface area contributed by atoms with Crippen molar-refractivity contribution in [3.63, 3.8) is 0 Å². The minimum Gasteiger partial charge on any atom is -0.455 e. The molecule has 0 unspecified atom stereocenters. The van der Waals surface area contributed by atoms with E-state index in [-0.39, 0.29) is 17.6 Å². The Morgan fingerprint density at radius 2 is 1.81 bits per heavy atom. The molecule has 1 aliphatic carbocycles. The lowest BCUT2D eigenvalue weighted by Gasteiger charge is -2.13. The summed E-state index contributed by atoms with van der Waals surface area (Å²) in [5, 5.41) is 7.36. The topological polar surface area (TPSA) is 83.7 Å². The number of nitrogens with one attached hydrogen (secondary N) is 2. The van der Waals surface area contributed by atoms with Crippen molar-refractivity contribution in [2.24, 2.45) is 5.10 Å². The molecule has 0 atom stereocenters. The summed E-state index contributed by atoms with van der Waals surface area (Å²) >= 11 is 3.39. The molecular weight excluding hydrogens is 470 g/mol. The van der Waals surface area contributed by atoms with E-state index in [1.54, 1.807) is 12.1 Å². The van der Waals surface area contributed by atoms with Crippen molar-refractivity contribution in [1.29, 1.82) is 0 Å². The molecule has 0 saturated heterocycles. The first-order valence-corrected chi connectivity index (χ1v) is 11.4. The molecule has 1 aromatic heterocycles. The van der Waals surface area contributed by atoms with Gasteiger partial charge in [0.05, 0.1) is 11.3 Å². The summed E-state index contributed by atoms with van der Waals surface area (Å²) in [5.74, 6) is 0.436. The number of hydrogen-bond donors (Lipinski definition) is 2. The molecule has 32 heavy (non-hydrogen) atoms. The number of fused-ring (bicyclic) bond motifs is 1. The number of aryl methyl sites for hydroxylation is 2. The highest BCUT2D eigenvalue weighted by Gasteiger charge is 2.28. The zero-order valence-electron chi connectivity index (χ0n) is 18.0. The number of anilines is 1. The molecule has 164 valence electrons. The molecule has 0 bridgehead atoms. The molecule has 4 rings (SSSR count). The number of carbonyl (C=O) groups is 2. The van der Waals surface area contributed by atoms with Gasteiger partial charge in [0.2, 0.25) is 0 Å². The van der Waals surface area contributed by atoms with Crippen LogP contribution in [0.25, 0.3) is 0 Å². The van der Waals surface area contributed by atoms with E-state index in [0.717, 1.165) is 53.1 Å². The van der Waals surface area contributed by atoms with Crippen LogP contribution < -0.4 is 10.7 Å². The first kappa shape index (κ1) is 22.0. The van der Waals surface area contributed by atoms with E-state index < -0.39 is 0 Å². The Morgan fingerprint density at radius 3 is 2.59 bits per heavy atom. The lowest BCUT2D eigenvalue weighted by Crippen LogP contribution is -2.22. The lowest BCUT2D eigenvalue weighted by atomic mass is 9.93. The average molecular weight is 494 g/mol. The SMILES string of the molecule is CCc1ccccc1NC(=O)c1oc2c(c1C)/C(=N/NC(=O)c1ccccc1Br)CCC2. The Kier molecular flexibility index (Phi) is 6.55. The number of rotatable bonds is 5. The van der Waals surface area contributed by atoms with E-state index in [4.69, 9.17) is 4.42 Å². The highest BCUT2D eigenvalue weighted by Crippen LogP contribution is 2.30. The predicted octanol–water partition coefficient (Wildman–Crippen LogP) is 5.64. The fourth-order valence-corrected chi connectivity index (χ4v) is 4.41. The van der Waals surface area contributed by atoms with E-state index in [2.05, 4.69) is 31.8 Å². The second kappa shape index (κ2) is 9.53. The predicted molar refractivity (Wildman–Crippen MR) is 128 cm³/mol. The Hall–Kier alpha value is -3.19. The second-order valence-electron chi connectivity index (χ2n) is 7.65. The van der Waals surface area contributed by atoms with Gasteiger partial charge in [-0.3, -0.25) is 9.59 Å². The summed E-state index contributed by atoms with van der Waals surface area (Å²) in [4.78, 5) is 25.5. The molecule has 0 aliphatic heterocycles. The highest BCUT2D eigenvalue weighted by atomic mass is 79.9. The number of amides is 2. The van der Waals surface area contributed by atoms with Crippen LogP contribution in [0.2, 0.25) is 0 Å². The zero-order chi connectivity index (χ0) is 22.7. The van der Waals surface area contributed by atoms with Gasteiger partial charge in [-0.2, -0.15) is 5.10 Å². The molecule has 1 aliphatic rings. The van der Waals surface area contributed by atoms with E-state index >= 15 is 0 Å². The number of nitrogens with zero attached hydrogens (tertiary/aromatic N) is 1.